The van der Waals surface area contributed by atoms with Gasteiger partial charge >= 0.3 is 0 Å². The van der Waals surface area contributed by atoms with E-state index >= 15 is 0 Å². The second-order valence-corrected chi connectivity index (χ2v) is 5.77. The molecule has 0 unspecified atom stereocenters. The van der Waals surface area contributed by atoms with Crippen LogP contribution >= 0.6 is 31.9 Å². The van der Waals surface area contributed by atoms with Gasteiger partial charge in [0.25, 0.3) is 5.56 Å². The van der Waals surface area contributed by atoms with E-state index in [1.54, 1.807) is 6.07 Å². The average molecular weight is 387 g/mol. The van der Waals surface area contributed by atoms with Gasteiger partial charge in [-0.05, 0) is 62.0 Å². The lowest BCUT2D eigenvalue weighted by Crippen LogP contribution is -2.12. The zero-order valence-electron chi connectivity index (χ0n) is 10.4. The highest BCUT2D eigenvalue weighted by molar-refractivity contribution is 9.11. The zero-order valence-corrected chi connectivity index (χ0v) is 13.5. The maximum Gasteiger partial charge on any atom is 0.262 e. The van der Waals surface area contributed by atoms with Crippen LogP contribution in [-0.4, -0.2) is 4.98 Å². The van der Waals surface area contributed by atoms with Gasteiger partial charge in [-0.1, -0.05) is 19.1 Å². The molecule has 1 heterocycles. The average Bonchev–Trinajstić information content (AvgIpc) is 2.41. The van der Waals surface area contributed by atoms with E-state index in [1.807, 2.05) is 18.2 Å². The van der Waals surface area contributed by atoms with E-state index in [0.29, 0.717) is 11.1 Å². The molecule has 1 aromatic carbocycles. The van der Waals surface area contributed by atoms with Crippen molar-refractivity contribution in [1.29, 1.82) is 0 Å². The Morgan fingerprint density at radius 2 is 2.00 bits per heavy atom. The van der Waals surface area contributed by atoms with Crippen molar-refractivity contribution in [2.75, 3.05) is 0 Å². The normalized spacial score (nSPS) is 10.5. The summed E-state index contributed by atoms with van der Waals surface area (Å²) < 4.78 is 7.00. The van der Waals surface area contributed by atoms with Crippen LogP contribution in [0.1, 0.15) is 18.2 Å². The third kappa shape index (κ3) is 3.70. The number of halogens is 2. The van der Waals surface area contributed by atoms with Crippen molar-refractivity contribution in [2.24, 2.45) is 0 Å². The summed E-state index contributed by atoms with van der Waals surface area (Å²) in [6, 6.07) is 9.66. The van der Waals surface area contributed by atoms with Gasteiger partial charge in [-0.3, -0.25) is 4.79 Å². The molecular weight excluding hydrogens is 374 g/mol. The number of H-pyrrole nitrogens is 1. The Morgan fingerprint density at radius 3 is 2.74 bits per heavy atom. The van der Waals surface area contributed by atoms with Gasteiger partial charge in [-0.2, -0.15) is 0 Å². The minimum Gasteiger partial charge on any atom is -0.487 e. The first kappa shape index (κ1) is 14.3. The van der Waals surface area contributed by atoms with Crippen molar-refractivity contribution >= 4 is 31.9 Å². The number of aromatic nitrogens is 1. The number of aromatic amines is 1. The molecule has 2 rings (SSSR count). The summed E-state index contributed by atoms with van der Waals surface area (Å²) in [7, 11) is 0. The van der Waals surface area contributed by atoms with E-state index in [9.17, 15) is 4.79 Å². The fraction of sp³-hybridized carbons (Fsp3) is 0.214. The molecule has 0 aliphatic rings. The smallest absolute Gasteiger partial charge is 0.262 e. The topological polar surface area (TPSA) is 42.1 Å². The first-order valence-corrected chi connectivity index (χ1v) is 7.47. The maximum absolute atomic E-state index is 11.5. The molecule has 3 nitrogen and oxygen atoms in total. The van der Waals surface area contributed by atoms with Crippen molar-refractivity contribution in [2.45, 2.75) is 20.0 Å². The fourth-order valence-electron chi connectivity index (χ4n) is 1.64. The Morgan fingerprint density at radius 1 is 1.21 bits per heavy atom. The fourth-order valence-corrected chi connectivity index (χ4v) is 2.71. The number of pyridine rings is 1. The Bertz CT molecular complexity index is 638. The van der Waals surface area contributed by atoms with E-state index in [-0.39, 0.29) is 5.56 Å². The summed E-state index contributed by atoms with van der Waals surface area (Å²) in [5.41, 5.74) is 1.78. The first-order valence-electron chi connectivity index (χ1n) is 5.89. The van der Waals surface area contributed by atoms with Crippen LogP contribution in [-0.2, 0) is 13.0 Å². The number of hydrogen-bond acceptors (Lipinski definition) is 2. The number of ether oxygens (including phenoxy) is 1. The molecule has 5 heteroatoms. The van der Waals surface area contributed by atoms with E-state index in [4.69, 9.17) is 4.74 Å². The van der Waals surface area contributed by atoms with Crippen LogP contribution in [0.25, 0.3) is 0 Å². The van der Waals surface area contributed by atoms with E-state index in [1.165, 1.54) is 5.56 Å². The predicted molar refractivity (Wildman–Crippen MR) is 82.6 cm³/mol. The van der Waals surface area contributed by atoms with Gasteiger partial charge in [0.15, 0.2) is 0 Å². The van der Waals surface area contributed by atoms with Crippen molar-refractivity contribution < 1.29 is 4.74 Å². The number of aryl methyl sites for hydroxylation is 1. The van der Waals surface area contributed by atoms with Crippen molar-refractivity contribution in [1.82, 2.24) is 4.98 Å². The molecule has 0 fully saturated rings. The molecule has 0 aliphatic carbocycles. The van der Waals surface area contributed by atoms with Gasteiger partial charge in [0.1, 0.15) is 12.4 Å². The van der Waals surface area contributed by atoms with Crippen molar-refractivity contribution in [3.63, 3.8) is 0 Å². The molecule has 0 radical (unpaired) electrons. The minimum atomic E-state index is -0.163. The maximum atomic E-state index is 11.5. The van der Waals surface area contributed by atoms with Crippen LogP contribution in [0.4, 0.5) is 0 Å². The first-order chi connectivity index (χ1) is 9.10. The highest BCUT2D eigenvalue weighted by Crippen LogP contribution is 2.20. The van der Waals surface area contributed by atoms with E-state index in [0.717, 1.165) is 22.3 Å². The van der Waals surface area contributed by atoms with Crippen LogP contribution in [0.15, 0.2) is 44.1 Å². The second-order valence-electron chi connectivity index (χ2n) is 4.06. The van der Waals surface area contributed by atoms with Gasteiger partial charge in [-0.15, -0.1) is 0 Å². The molecule has 0 saturated carbocycles. The molecule has 1 aromatic heterocycles. The number of benzene rings is 1. The Hall–Kier alpha value is -1.07. The van der Waals surface area contributed by atoms with Gasteiger partial charge in [0, 0.05) is 4.47 Å². The van der Waals surface area contributed by atoms with E-state index < -0.39 is 0 Å². The standard InChI is InChI=1S/C14H13Br2NO2/c1-2-9-4-3-5-10(6-9)19-8-13-11(15)7-12(16)14(18)17-13/h3-7H,2,8H2,1H3,(H,17,18). The molecule has 100 valence electrons. The van der Waals surface area contributed by atoms with Crippen LogP contribution < -0.4 is 10.3 Å². The van der Waals surface area contributed by atoms with E-state index in [2.05, 4.69) is 49.8 Å². The molecule has 0 aliphatic heterocycles. The molecule has 1 N–H and O–H groups in total. The Balaban J connectivity index is 2.14. The number of hydrogen-bond donors (Lipinski definition) is 1. The Labute approximate surface area is 128 Å². The van der Waals surface area contributed by atoms with Crippen LogP contribution in [0.2, 0.25) is 0 Å². The van der Waals surface area contributed by atoms with Gasteiger partial charge < -0.3 is 9.72 Å². The Kier molecular flexibility index (Phi) is 4.82. The van der Waals surface area contributed by atoms with Gasteiger partial charge in [0.2, 0.25) is 0 Å². The number of nitrogens with one attached hydrogen (secondary N) is 1. The lowest BCUT2D eigenvalue weighted by molar-refractivity contribution is 0.300. The van der Waals surface area contributed by atoms with Crippen LogP contribution in [0, 0.1) is 0 Å². The summed E-state index contributed by atoms with van der Waals surface area (Å²) in [5.74, 6) is 0.801. The van der Waals surface area contributed by atoms with Crippen molar-refractivity contribution in [3.8, 4) is 5.75 Å². The van der Waals surface area contributed by atoms with Crippen LogP contribution in [0.5, 0.6) is 5.75 Å². The minimum absolute atomic E-state index is 0.163. The summed E-state index contributed by atoms with van der Waals surface area (Å²) in [6.45, 7) is 2.41. The third-order valence-electron chi connectivity index (χ3n) is 2.71. The zero-order chi connectivity index (χ0) is 13.8. The summed E-state index contributed by atoms with van der Waals surface area (Å²) in [6.07, 6.45) is 0.968. The summed E-state index contributed by atoms with van der Waals surface area (Å²) in [4.78, 5) is 14.3. The molecule has 0 bridgehead atoms. The second kappa shape index (κ2) is 6.39. The molecule has 19 heavy (non-hydrogen) atoms. The van der Waals surface area contributed by atoms with Crippen LogP contribution in [0.3, 0.4) is 0 Å². The molecule has 0 spiro atoms. The molecule has 0 saturated heterocycles. The number of rotatable bonds is 4. The largest absolute Gasteiger partial charge is 0.487 e. The van der Waals surface area contributed by atoms with Crippen molar-refractivity contribution in [3.05, 3.63) is 60.9 Å². The third-order valence-corrected chi connectivity index (χ3v) is 4.01. The molecule has 2 aromatic rings. The summed E-state index contributed by atoms with van der Waals surface area (Å²) in [5, 5.41) is 0. The molecule has 0 atom stereocenters. The predicted octanol–water partition coefficient (Wildman–Crippen LogP) is 4.04. The SMILES string of the molecule is CCc1cccc(OCc2[nH]c(=O)c(Br)cc2Br)c1. The highest BCUT2D eigenvalue weighted by atomic mass is 79.9. The highest BCUT2D eigenvalue weighted by Gasteiger charge is 2.06. The van der Waals surface area contributed by atoms with Gasteiger partial charge in [-0.25, -0.2) is 0 Å². The quantitative estimate of drug-likeness (QED) is 0.861. The van der Waals surface area contributed by atoms with Gasteiger partial charge in [0.05, 0.1) is 10.2 Å². The monoisotopic (exact) mass is 385 g/mol. The summed E-state index contributed by atoms with van der Waals surface area (Å²) >= 11 is 6.58. The lowest BCUT2D eigenvalue weighted by atomic mass is 10.2. The lowest BCUT2D eigenvalue weighted by Gasteiger charge is -2.09. The molecule has 0 amide bonds. The molecular formula is C14H13Br2NO2.